The van der Waals surface area contributed by atoms with Crippen LogP contribution in [0.2, 0.25) is 0 Å². The number of aryl methyl sites for hydroxylation is 1. The zero-order valence-electron chi connectivity index (χ0n) is 16.2. The zero-order chi connectivity index (χ0) is 20.1. The molecule has 0 radical (unpaired) electrons. The average molecular weight is 379 g/mol. The van der Waals surface area contributed by atoms with E-state index in [2.05, 4.69) is 10.6 Å². The van der Waals surface area contributed by atoms with E-state index in [1.54, 1.807) is 29.2 Å². The van der Waals surface area contributed by atoms with Gasteiger partial charge in [-0.25, -0.2) is 4.79 Å². The first-order valence-corrected chi connectivity index (χ1v) is 9.57. The Bertz CT molecular complexity index is 894. The summed E-state index contributed by atoms with van der Waals surface area (Å²) in [6.07, 6.45) is 2.22. The number of carbonyl (C=O) groups is 3. The Kier molecular flexibility index (Phi) is 6.09. The fraction of sp³-hybridized carbons (Fsp3) is 0.318. The minimum atomic E-state index is -0.513. The van der Waals surface area contributed by atoms with Crippen LogP contribution in [-0.4, -0.2) is 35.2 Å². The molecule has 2 aromatic rings. The highest BCUT2D eigenvalue weighted by molar-refractivity contribution is 6.00. The standard InChI is InChI=1S/C22H25N3O3/c1-3-16-8-4-5-11-19(16)24-21(27)20-12-7-13-25(20)22(28)23-18-10-6-9-17(14-18)15(2)26/h4-6,8-11,14,20H,3,7,12-13H2,1-2H3,(H,23,28)(H,24,27). The number of carbonyl (C=O) groups excluding carboxylic acids is 3. The maximum absolute atomic E-state index is 12.8. The lowest BCUT2D eigenvalue weighted by Crippen LogP contribution is -2.45. The molecule has 0 saturated carbocycles. The molecule has 28 heavy (non-hydrogen) atoms. The normalized spacial score (nSPS) is 15.9. The van der Waals surface area contributed by atoms with E-state index in [0.717, 1.165) is 24.1 Å². The number of anilines is 2. The van der Waals surface area contributed by atoms with Crippen molar-refractivity contribution in [1.29, 1.82) is 0 Å². The van der Waals surface area contributed by atoms with E-state index in [9.17, 15) is 14.4 Å². The SMILES string of the molecule is CCc1ccccc1NC(=O)C1CCCN1C(=O)Nc1cccc(C(C)=O)c1. The molecule has 2 N–H and O–H groups in total. The fourth-order valence-corrected chi connectivity index (χ4v) is 3.46. The number of rotatable bonds is 5. The van der Waals surface area contributed by atoms with Crippen molar-refractivity contribution in [2.75, 3.05) is 17.2 Å². The molecule has 1 unspecified atom stereocenters. The summed E-state index contributed by atoms with van der Waals surface area (Å²) in [4.78, 5) is 38.6. The van der Waals surface area contributed by atoms with Gasteiger partial charge >= 0.3 is 6.03 Å². The average Bonchev–Trinajstić information content (AvgIpc) is 3.19. The van der Waals surface area contributed by atoms with Crippen LogP contribution in [0.3, 0.4) is 0 Å². The number of urea groups is 1. The van der Waals surface area contributed by atoms with Crippen LogP contribution in [-0.2, 0) is 11.2 Å². The first kappa shape index (κ1) is 19.6. The molecule has 146 valence electrons. The summed E-state index contributed by atoms with van der Waals surface area (Å²) in [7, 11) is 0. The van der Waals surface area contributed by atoms with Gasteiger partial charge in [0.2, 0.25) is 5.91 Å². The quantitative estimate of drug-likeness (QED) is 0.768. The zero-order valence-corrected chi connectivity index (χ0v) is 16.2. The van der Waals surface area contributed by atoms with Gasteiger partial charge < -0.3 is 15.5 Å². The highest BCUT2D eigenvalue weighted by atomic mass is 16.2. The Balaban J connectivity index is 1.69. The van der Waals surface area contributed by atoms with Crippen LogP contribution in [0.5, 0.6) is 0 Å². The van der Waals surface area contributed by atoms with Crippen molar-refractivity contribution in [3.05, 3.63) is 59.7 Å². The third-order valence-electron chi connectivity index (χ3n) is 4.99. The third kappa shape index (κ3) is 4.39. The predicted octanol–water partition coefficient (Wildman–Crippen LogP) is 4.09. The van der Waals surface area contributed by atoms with Gasteiger partial charge in [-0.15, -0.1) is 0 Å². The summed E-state index contributed by atoms with van der Waals surface area (Å²) in [6.45, 7) is 4.04. The maximum Gasteiger partial charge on any atom is 0.322 e. The van der Waals surface area contributed by atoms with Crippen LogP contribution < -0.4 is 10.6 Å². The van der Waals surface area contributed by atoms with Crippen molar-refractivity contribution < 1.29 is 14.4 Å². The molecule has 6 nitrogen and oxygen atoms in total. The summed E-state index contributed by atoms with van der Waals surface area (Å²) < 4.78 is 0. The van der Waals surface area contributed by atoms with Gasteiger partial charge in [-0.3, -0.25) is 9.59 Å². The van der Waals surface area contributed by atoms with Gasteiger partial charge in [-0.05, 0) is 49.9 Å². The number of benzene rings is 2. The lowest BCUT2D eigenvalue weighted by Gasteiger charge is -2.24. The largest absolute Gasteiger partial charge is 0.324 e. The summed E-state index contributed by atoms with van der Waals surface area (Å²) in [6, 6.07) is 13.6. The van der Waals surface area contributed by atoms with Gasteiger partial charge in [-0.1, -0.05) is 37.3 Å². The first-order valence-electron chi connectivity index (χ1n) is 9.57. The monoisotopic (exact) mass is 379 g/mol. The molecule has 1 atom stereocenters. The molecular formula is C22H25N3O3. The van der Waals surface area contributed by atoms with E-state index < -0.39 is 6.04 Å². The summed E-state index contributed by atoms with van der Waals surface area (Å²) in [5, 5.41) is 5.78. The second kappa shape index (κ2) is 8.69. The Labute approximate surface area is 164 Å². The number of Topliss-reactive ketones (excluding diaryl/α,β-unsaturated/α-hetero) is 1. The molecule has 0 bridgehead atoms. The van der Waals surface area contributed by atoms with Crippen molar-refractivity contribution in [2.45, 2.75) is 39.2 Å². The summed E-state index contributed by atoms with van der Waals surface area (Å²) in [5.74, 6) is -0.241. The second-order valence-corrected chi connectivity index (χ2v) is 6.92. The molecule has 1 saturated heterocycles. The summed E-state index contributed by atoms with van der Waals surface area (Å²) in [5.41, 5.74) is 2.92. The smallest absolute Gasteiger partial charge is 0.322 e. The Hall–Kier alpha value is -3.15. The van der Waals surface area contributed by atoms with Gasteiger partial charge in [0.05, 0.1) is 0 Å². The molecule has 0 spiro atoms. The number of nitrogens with zero attached hydrogens (tertiary/aromatic N) is 1. The highest BCUT2D eigenvalue weighted by Gasteiger charge is 2.34. The minimum absolute atomic E-state index is 0.0656. The van der Waals surface area contributed by atoms with Crippen LogP contribution in [0.25, 0.3) is 0 Å². The Morgan fingerprint density at radius 1 is 1.07 bits per heavy atom. The lowest BCUT2D eigenvalue weighted by atomic mass is 10.1. The highest BCUT2D eigenvalue weighted by Crippen LogP contribution is 2.22. The Morgan fingerprint density at radius 3 is 2.61 bits per heavy atom. The van der Waals surface area contributed by atoms with Gasteiger partial charge in [-0.2, -0.15) is 0 Å². The van der Waals surface area contributed by atoms with Crippen molar-refractivity contribution in [3.63, 3.8) is 0 Å². The van der Waals surface area contributed by atoms with E-state index in [-0.39, 0.29) is 17.7 Å². The fourth-order valence-electron chi connectivity index (χ4n) is 3.46. The summed E-state index contributed by atoms with van der Waals surface area (Å²) >= 11 is 0. The second-order valence-electron chi connectivity index (χ2n) is 6.92. The molecule has 1 fully saturated rings. The van der Waals surface area contributed by atoms with Gasteiger partial charge in [0.25, 0.3) is 0 Å². The van der Waals surface area contributed by atoms with Crippen LogP contribution in [0, 0.1) is 0 Å². The van der Waals surface area contributed by atoms with Crippen LogP contribution in [0.4, 0.5) is 16.2 Å². The third-order valence-corrected chi connectivity index (χ3v) is 4.99. The van der Waals surface area contributed by atoms with Crippen molar-refractivity contribution in [3.8, 4) is 0 Å². The van der Waals surface area contributed by atoms with Gasteiger partial charge in [0.1, 0.15) is 6.04 Å². The number of hydrogen-bond donors (Lipinski definition) is 2. The number of amides is 3. The van der Waals surface area contributed by atoms with Crippen molar-refractivity contribution >= 4 is 29.1 Å². The minimum Gasteiger partial charge on any atom is -0.324 e. The van der Waals surface area contributed by atoms with E-state index in [4.69, 9.17) is 0 Å². The number of ketones is 1. The molecule has 2 aromatic carbocycles. The van der Waals surface area contributed by atoms with Crippen LogP contribution >= 0.6 is 0 Å². The predicted molar refractivity (Wildman–Crippen MR) is 110 cm³/mol. The van der Waals surface area contributed by atoms with E-state index in [1.165, 1.54) is 6.92 Å². The van der Waals surface area contributed by atoms with Gasteiger partial charge in [0.15, 0.2) is 5.78 Å². The molecule has 0 aromatic heterocycles. The Morgan fingerprint density at radius 2 is 1.86 bits per heavy atom. The van der Waals surface area contributed by atoms with Crippen LogP contribution in [0.15, 0.2) is 48.5 Å². The maximum atomic E-state index is 12.8. The van der Waals surface area contributed by atoms with Gasteiger partial charge in [0, 0.05) is 23.5 Å². The number of nitrogens with one attached hydrogen (secondary N) is 2. The molecule has 1 heterocycles. The van der Waals surface area contributed by atoms with E-state index in [0.29, 0.717) is 24.2 Å². The van der Waals surface area contributed by atoms with E-state index in [1.807, 2.05) is 31.2 Å². The molecule has 1 aliphatic heterocycles. The number of likely N-dealkylation sites (tertiary alicyclic amines) is 1. The van der Waals surface area contributed by atoms with Crippen LogP contribution in [0.1, 0.15) is 42.6 Å². The molecular weight excluding hydrogens is 354 g/mol. The molecule has 0 aliphatic carbocycles. The topological polar surface area (TPSA) is 78.5 Å². The van der Waals surface area contributed by atoms with E-state index >= 15 is 0 Å². The molecule has 6 heteroatoms. The first-order chi connectivity index (χ1) is 13.5. The van der Waals surface area contributed by atoms with Crippen molar-refractivity contribution in [2.24, 2.45) is 0 Å². The molecule has 1 aliphatic rings. The molecule has 3 rings (SSSR count). The lowest BCUT2D eigenvalue weighted by molar-refractivity contribution is -0.119. The molecule has 3 amide bonds. The number of para-hydroxylation sites is 1. The number of hydrogen-bond acceptors (Lipinski definition) is 3. The van der Waals surface area contributed by atoms with Crippen molar-refractivity contribution in [1.82, 2.24) is 4.90 Å².